The summed E-state index contributed by atoms with van der Waals surface area (Å²) in [5.41, 5.74) is 5.34. The van der Waals surface area contributed by atoms with Crippen LogP contribution in [0.25, 0.3) is 11.1 Å². The summed E-state index contributed by atoms with van der Waals surface area (Å²) in [6, 6.07) is 20.6. The van der Waals surface area contributed by atoms with Gasteiger partial charge in [0.15, 0.2) is 0 Å². The third kappa shape index (κ3) is 4.02. The number of rotatable bonds is 6. The lowest BCUT2D eigenvalue weighted by Gasteiger charge is -2.32. The standard InChI is InChI=1S/C26H28N2O3S/c1-4-19-12-15-24-22(16-19)21-8-6-7-9-25(21)32(30,31)28(24)17-26(29)27-23(5-2)20-13-10-18(3)11-14-20/h6-16,23H,4-5,17H2,1-3H3,(H,27,29)/t23-/m0/s1. The fourth-order valence-electron chi connectivity index (χ4n) is 4.16. The van der Waals surface area contributed by atoms with Gasteiger partial charge in [-0.05, 0) is 49.1 Å². The molecule has 0 spiro atoms. The highest BCUT2D eigenvalue weighted by Gasteiger charge is 2.36. The van der Waals surface area contributed by atoms with Crippen LogP contribution in [0, 0.1) is 6.92 Å². The minimum atomic E-state index is -3.85. The molecular weight excluding hydrogens is 420 g/mol. The Balaban J connectivity index is 1.67. The van der Waals surface area contributed by atoms with Crippen molar-refractivity contribution in [2.24, 2.45) is 0 Å². The van der Waals surface area contributed by atoms with Crippen LogP contribution in [0.4, 0.5) is 5.69 Å². The first-order valence-electron chi connectivity index (χ1n) is 11.0. The van der Waals surface area contributed by atoms with Crippen LogP contribution in [0.1, 0.15) is 43.0 Å². The maximum atomic E-state index is 13.5. The molecule has 1 amide bonds. The normalized spacial score (nSPS) is 14.9. The molecule has 1 N–H and O–H groups in total. The number of aryl methyl sites for hydroxylation is 2. The first kappa shape index (κ1) is 22.1. The average Bonchev–Trinajstić information content (AvgIpc) is 2.80. The first-order valence-corrected chi connectivity index (χ1v) is 12.4. The summed E-state index contributed by atoms with van der Waals surface area (Å²) in [6.45, 7) is 5.82. The van der Waals surface area contributed by atoms with E-state index in [0.717, 1.165) is 28.7 Å². The number of anilines is 1. The Labute approximate surface area is 190 Å². The highest BCUT2D eigenvalue weighted by Crippen LogP contribution is 2.43. The van der Waals surface area contributed by atoms with E-state index in [0.29, 0.717) is 17.7 Å². The van der Waals surface area contributed by atoms with Crippen LogP contribution in [-0.4, -0.2) is 20.9 Å². The minimum Gasteiger partial charge on any atom is -0.348 e. The highest BCUT2D eigenvalue weighted by molar-refractivity contribution is 7.93. The maximum absolute atomic E-state index is 13.5. The number of nitrogens with one attached hydrogen (secondary N) is 1. The van der Waals surface area contributed by atoms with Gasteiger partial charge in [0.25, 0.3) is 10.0 Å². The lowest BCUT2D eigenvalue weighted by Crippen LogP contribution is -2.43. The quantitative estimate of drug-likeness (QED) is 0.577. The number of carbonyl (C=O) groups is 1. The number of benzene rings is 3. The molecular formula is C26H28N2O3S. The monoisotopic (exact) mass is 448 g/mol. The van der Waals surface area contributed by atoms with Crippen LogP contribution in [0.2, 0.25) is 0 Å². The largest absolute Gasteiger partial charge is 0.348 e. The molecule has 6 heteroatoms. The van der Waals surface area contributed by atoms with Gasteiger partial charge in [-0.25, -0.2) is 8.42 Å². The molecule has 1 aliphatic rings. The van der Waals surface area contributed by atoms with Crippen LogP contribution >= 0.6 is 0 Å². The predicted molar refractivity (Wildman–Crippen MR) is 128 cm³/mol. The second-order valence-corrected chi connectivity index (χ2v) is 9.98. The lowest BCUT2D eigenvalue weighted by atomic mass is 9.99. The van der Waals surface area contributed by atoms with Gasteiger partial charge in [-0.3, -0.25) is 9.10 Å². The number of hydrogen-bond donors (Lipinski definition) is 1. The fraction of sp³-hybridized carbons (Fsp3) is 0.269. The molecule has 4 rings (SSSR count). The van der Waals surface area contributed by atoms with E-state index in [-0.39, 0.29) is 23.4 Å². The molecule has 1 heterocycles. The molecule has 0 saturated carbocycles. The van der Waals surface area contributed by atoms with Crippen LogP contribution in [0.15, 0.2) is 71.6 Å². The van der Waals surface area contributed by atoms with Crippen LogP contribution in [0.3, 0.4) is 0 Å². The van der Waals surface area contributed by atoms with Crippen LogP contribution in [0.5, 0.6) is 0 Å². The Morgan fingerprint density at radius 3 is 2.38 bits per heavy atom. The van der Waals surface area contributed by atoms with E-state index < -0.39 is 10.0 Å². The molecule has 0 bridgehead atoms. The molecule has 0 aliphatic carbocycles. The summed E-state index contributed by atoms with van der Waals surface area (Å²) >= 11 is 0. The van der Waals surface area contributed by atoms with Gasteiger partial charge in [0.05, 0.1) is 16.6 Å². The fourth-order valence-corrected chi connectivity index (χ4v) is 5.81. The topological polar surface area (TPSA) is 66.5 Å². The number of amides is 1. The molecule has 3 aromatic carbocycles. The summed E-state index contributed by atoms with van der Waals surface area (Å²) in [5.74, 6) is -0.328. The molecule has 32 heavy (non-hydrogen) atoms. The maximum Gasteiger partial charge on any atom is 0.265 e. The number of nitrogens with zero attached hydrogens (tertiary/aromatic N) is 1. The molecule has 166 valence electrons. The zero-order valence-corrected chi connectivity index (χ0v) is 19.4. The number of fused-ring (bicyclic) bond motifs is 3. The van der Waals surface area contributed by atoms with Crippen molar-refractivity contribution in [1.29, 1.82) is 0 Å². The Hall–Kier alpha value is -3.12. The predicted octanol–water partition coefficient (Wildman–Crippen LogP) is 5.00. The minimum absolute atomic E-state index is 0.176. The third-order valence-corrected chi connectivity index (χ3v) is 7.81. The van der Waals surface area contributed by atoms with Gasteiger partial charge in [0.1, 0.15) is 6.54 Å². The zero-order valence-electron chi connectivity index (χ0n) is 18.6. The summed E-state index contributed by atoms with van der Waals surface area (Å²) in [6.07, 6.45) is 1.55. The van der Waals surface area contributed by atoms with Crippen molar-refractivity contribution in [3.8, 4) is 11.1 Å². The number of carbonyl (C=O) groups excluding carboxylic acids is 1. The highest BCUT2D eigenvalue weighted by atomic mass is 32.2. The average molecular weight is 449 g/mol. The van der Waals surface area contributed by atoms with Crippen molar-refractivity contribution in [1.82, 2.24) is 5.32 Å². The molecule has 5 nitrogen and oxygen atoms in total. The van der Waals surface area contributed by atoms with Crippen molar-refractivity contribution >= 4 is 21.6 Å². The summed E-state index contributed by atoms with van der Waals surface area (Å²) in [5, 5.41) is 3.02. The Morgan fingerprint density at radius 1 is 0.969 bits per heavy atom. The van der Waals surface area contributed by atoms with Crippen molar-refractivity contribution < 1.29 is 13.2 Å². The van der Waals surface area contributed by atoms with Crippen molar-refractivity contribution in [2.75, 3.05) is 10.8 Å². The summed E-state index contributed by atoms with van der Waals surface area (Å²) in [4.78, 5) is 13.3. The second kappa shape index (κ2) is 8.79. The molecule has 1 aliphatic heterocycles. The van der Waals surface area contributed by atoms with E-state index in [1.807, 2.05) is 68.4 Å². The molecule has 0 saturated heterocycles. The molecule has 3 aromatic rings. The Morgan fingerprint density at radius 2 is 1.69 bits per heavy atom. The Bertz CT molecular complexity index is 1250. The summed E-state index contributed by atoms with van der Waals surface area (Å²) in [7, 11) is -3.85. The van der Waals surface area contributed by atoms with E-state index in [1.165, 1.54) is 4.31 Å². The van der Waals surface area contributed by atoms with Gasteiger partial charge in [-0.2, -0.15) is 0 Å². The number of sulfonamides is 1. The van der Waals surface area contributed by atoms with E-state index in [1.54, 1.807) is 12.1 Å². The van der Waals surface area contributed by atoms with Crippen LogP contribution < -0.4 is 9.62 Å². The molecule has 0 radical (unpaired) electrons. The van der Waals surface area contributed by atoms with Gasteiger partial charge in [0, 0.05) is 11.1 Å². The van der Waals surface area contributed by atoms with Gasteiger partial charge in [-0.15, -0.1) is 0 Å². The zero-order chi connectivity index (χ0) is 22.9. The van der Waals surface area contributed by atoms with Gasteiger partial charge < -0.3 is 5.32 Å². The van der Waals surface area contributed by atoms with E-state index in [4.69, 9.17) is 0 Å². The van der Waals surface area contributed by atoms with Crippen molar-refractivity contribution in [3.63, 3.8) is 0 Å². The van der Waals surface area contributed by atoms with Crippen molar-refractivity contribution in [2.45, 2.75) is 44.6 Å². The van der Waals surface area contributed by atoms with Crippen molar-refractivity contribution in [3.05, 3.63) is 83.4 Å². The van der Waals surface area contributed by atoms with Gasteiger partial charge in [0.2, 0.25) is 5.91 Å². The van der Waals surface area contributed by atoms with Gasteiger partial charge >= 0.3 is 0 Å². The third-order valence-electron chi connectivity index (χ3n) is 5.99. The summed E-state index contributed by atoms with van der Waals surface area (Å²) < 4.78 is 28.2. The molecule has 0 aromatic heterocycles. The number of hydrogen-bond acceptors (Lipinski definition) is 3. The van der Waals surface area contributed by atoms with E-state index in [9.17, 15) is 13.2 Å². The molecule has 1 atom stereocenters. The Kier molecular flexibility index (Phi) is 6.07. The smallest absolute Gasteiger partial charge is 0.265 e. The van der Waals surface area contributed by atoms with Crippen LogP contribution in [-0.2, 0) is 21.2 Å². The lowest BCUT2D eigenvalue weighted by molar-refractivity contribution is -0.120. The molecule has 0 unspecified atom stereocenters. The van der Waals surface area contributed by atoms with Gasteiger partial charge in [-0.1, -0.05) is 67.9 Å². The SMILES string of the molecule is CCc1ccc2c(c1)-c1ccccc1S(=O)(=O)N2CC(=O)N[C@@H](CC)c1ccc(C)cc1. The van der Waals surface area contributed by atoms with E-state index in [2.05, 4.69) is 12.2 Å². The first-order chi connectivity index (χ1) is 15.3. The van der Waals surface area contributed by atoms with E-state index >= 15 is 0 Å². The second-order valence-electron chi connectivity index (χ2n) is 8.15. The molecule has 0 fully saturated rings.